The second-order valence-electron chi connectivity index (χ2n) is 5.59. The first kappa shape index (κ1) is 14.6. The smallest absolute Gasteiger partial charge is 0.154 e. The molecular weight excluding hydrogens is 288 g/mol. The third-order valence-corrected chi connectivity index (χ3v) is 4.25. The number of hydrogen-bond acceptors (Lipinski definition) is 4. The minimum Gasteiger partial charge on any atom is -0.387 e. The summed E-state index contributed by atoms with van der Waals surface area (Å²) in [6.45, 7) is 3.48. The molecule has 1 aliphatic rings. The molecule has 1 aromatic heterocycles. The third kappa shape index (κ3) is 3.28. The van der Waals surface area contributed by atoms with Gasteiger partial charge in [-0.25, -0.2) is 0 Å². The SMILES string of the molecule is Cc1cc([C@H]2CCCN2C[C@H](O)c2ccc(Cl)cc2)on1. The van der Waals surface area contributed by atoms with Gasteiger partial charge in [0.25, 0.3) is 0 Å². The van der Waals surface area contributed by atoms with Gasteiger partial charge in [-0.15, -0.1) is 0 Å². The first-order valence-corrected chi connectivity index (χ1v) is 7.62. The summed E-state index contributed by atoms with van der Waals surface area (Å²) in [6, 6.07) is 9.56. The topological polar surface area (TPSA) is 49.5 Å². The zero-order chi connectivity index (χ0) is 14.8. The molecule has 1 N–H and O–H groups in total. The number of likely N-dealkylation sites (tertiary alicyclic amines) is 1. The maximum atomic E-state index is 10.4. The second-order valence-corrected chi connectivity index (χ2v) is 6.03. The Morgan fingerprint density at radius 3 is 2.86 bits per heavy atom. The van der Waals surface area contributed by atoms with Gasteiger partial charge in [0.1, 0.15) is 0 Å². The van der Waals surface area contributed by atoms with E-state index < -0.39 is 6.10 Å². The number of aryl methyl sites for hydroxylation is 1. The molecule has 2 aromatic rings. The van der Waals surface area contributed by atoms with Crippen LogP contribution in [-0.2, 0) is 0 Å². The minimum absolute atomic E-state index is 0.216. The molecule has 1 aromatic carbocycles. The molecule has 0 unspecified atom stereocenters. The highest BCUT2D eigenvalue weighted by molar-refractivity contribution is 6.30. The lowest BCUT2D eigenvalue weighted by molar-refractivity contribution is 0.0983. The van der Waals surface area contributed by atoms with Crippen LogP contribution in [0, 0.1) is 6.92 Å². The normalized spacial score (nSPS) is 20.8. The third-order valence-electron chi connectivity index (χ3n) is 4.00. The zero-order valence-electron chi connectivity index (χ0n) is 12.0. The number of hydrogen-bond donors (Lipinski definition) is 1. The average Bonchev–Trinajstić information content (AvgIpc) is 3.08. The lowest BCUT2D eigenvalue weighted by atomic mass is 10.1. The summed E-state index contributed by atoms with van der Waals surface area (Å²) < 4.78 is 5.39. The first-order chi connectivity index (χ1) is 10.1. The van der Waals surface area contributed by atoms with Gasteiger partial charge in [-0.1, -0.05) is 28.9 Å². The molecule has 1 fully saturated rings. The summed E-state index contributed by atoms with van der Waals surface area (Å²) in [7, 11) is 0. The van der Waals surface area contributed by atoms with Crippen LogP contribution in [0.3, 0.4) is 0 Å². The highest BCUT2D eigenvalue weighted by Crippen LogP contribution is 2.33. The van der Waals surface area contributed by atoms with Crippen molar-refractivity contribution in [3.8, 4) is 0 Å². The summed E-state index contributed by atoms with van der Waals surface area (Å²) in [5.74, 6) is 0.897. The van der Waals surface area contributed by atoms with E-state index in [1.54, 1.807) is 12.1 Å². The van der Waals surface area contributed by atoms with Crippen LogP contribution < -0.4 is 0 Å². The highest BCUT2D eigenvalue weighted by atomic mass is 35.5. The van der Waals surface area contributed by atoms with E-state index in [2.05, 4.69) is 10.1 Å². The Morgan fingerprint density at radius 2 is 2.19 bits per heavy atom. The fraction of sp³-hybridized carbons (Fsp3) is 0.438. The summed E-state index contributed by atoms with van der Waals surface area (Å²) >= 11 is 5.88. The molecule has 0 aliphatic carbocycles. The molecule has 4 nitrogen and oxygen atoms in total. The van der Waals surface area contributed by atoms with Crippen molar-refractivity contribution in [1.82, 2.24) is 10.1 Å². The summed E-state index contributed by atoms with van der Waals surface area (Å²) in [5, 5.41) is 15.1. The van der Waals surface area contributed by atoms with E-state index in [4.69, 9.17) is 16.1 Å². The molecule has 21 heavy (non-hydrogen) atoms. The van der Waals surface area contributed by atoms with Gasteiger partial charge in [0.2, 0.25) is 0 Å². The largest absolute Gasteiger partial charge is 0.387 e. The van der Waals surface area contributed by atoms with Crippen LogP contribution in [0.2, 0.25) is 5.02 Å². The Bertz CT molecular complexity index is 597. The average molecular weight is 307 g/mol. The maximum absolute atomic E-state index is 10.4. The Balaban J connectivity index is 1.69. The number of nitrogens with zero attached hydrogens (tertiary/aromatic N) is 2. The van der Waals surface area contributed by atoms with E-state index >= 15 is 0 Å². The fourth-order valence-corrected chi connectivity index (χ4v) is 3.05. The van der Waals surface area contributed by atoms with Gasteiger partial charge in [0, 0.05) is 17.6 Å². The van der Waals surface area contributed by atoms with Gasteiger partial charge in [0.15, 0.2) is 5.76 Å². The lowest BCUT2D eigenvalue weighted by Crippen LogP contribution is -2.28. The molecule has 0 spiro atoms. The number of aliphatic hydroxyl groups excluding tert-OH is 1. The molecular formula is C16H19ClN2O2. The summed E-state index contributed by atoms with van der Waals surface area (Å²) in [5.41, 5.74) is 1.79. The van der Waals surface area contributed by atoms with Crippen LogP contribution in [-0.4, -0.2) is 28.3 Å². The van der Waals surface area contributed by atoms with Crippen molar-refractivity contribution in [2.24, 2.45) is 0 Å². The van der Waals surface area contributed by atoms with Crippen LogP contribution in [0.15, 0.2) is 34.9 Å². The van der Waals surface area contributed by atoms with Crippen LogP contribution >= 0.6 is 11.6 Å². The fourth-order valence-electron chi connectivity index (χ4n) is 2.92. The van der Waals surface area contributed by atoms with Gasteiger partial charge in [-0.3, -0.25) is 4.90 Å². The van der Waals surface area contributed by atoms with Crippen molar-refractivity contribution in [1.29, 1.82) is 0 Å². The zero-order valence-corrected chi connectivity index (χ0v) is 12.8. The van der Waals surface area contributed by atoms with Crippen molar-refractivity contribution in [3.63, 3.8) is 0 Å². The highest BCUT2D eigenvalue weighted by Gasteiger charge is 2.30. The van der Waals surface area contributed by atoms with Crippen LogP contribution in [0.25, 0.3) is 0 Å². The summed E-state index contributed by atoms with van der Waals surface area (Å²) in [6.07, 6.45) is 1.63. The minimum atomic E-state index is -0.521. The number of benzene rings is 1. The van der Waals surface area contributed by atoms with Crippen LogP contribution in [0.1, 0.15) is 42.0 Å². The molecule has 0 amide bonds. The van der Waals surface area contributed by atoms with Crippen LogP contribution in [0.4, 0.5) is 0 Å². The Kier molecular flexibility index (Phi) is 4.29. The number of halogens is 1. The maximum Gasteiger partial charge on any atom is 0.154 e. The predicted molar refractivity (Wildman–Crippen MR) is 81.2 cm³/mol. The first-order valence-electron chi connectivity index (χ1n) is 7.24. The van der Waals surface area contributed by atoms with E-state index in [1.165, 1.54) is 0 Å². The van der Waals surface area contributed by atoms with Crippen molar-refractivity contribution in [2.45, 2.75) is 31.9 Å². The van der Waals surface area contributed by atoms with E-state index in [1.807, 2.05) is 25.1 Å². The number of aliphatic hydroxyl groups is 1. The molecule has 0 saturated carbocycles. The monoisotopic (exact) mass is 306 g/mol. The van der Waals surface area contributed by atoms with Gasteiger partial charge in [0.05, 0.1) is 17.8 Å². The van der Waals surface area contributed by atoms with Gasteiger partial charge in [-0.2, -0.15) is 0 Å². The van der Waals surface area contributed by atoms with Gasteiger partial charge < -0.3 is 9.63 Å². The Labute approximate surface area is 129 Å². The van der Waals surface area contributed by atoms with E-state index in [-0.39, 0.29) is 6.04 Å². The molecule has 3 rings (SSSR count). The number of β-amino-alcohol motifs (C(OH)–C–C–N with tert-alkyl or cyclic N) is 1. The van der Waals surface area contributed by atoms with E-state index in [0.717, 1.165) is 36.4 Å². The molecule has 0 bridgehead atoms. The molecule has 1 aliphatic heterocycles. The standard InChI is InChI=1S/C16H19ClN2O2/c1-11-9-16(21-18-11)14-3-2-8-19(14)10-15(20)12-4-6-13(17)7-5-12/h4-7,9,14-15,20H,2-3,8,10H2,1H3/t14-,15+/m1/s1. The van der Waals surface area contributed by atoms with Crippen molar-refractivity contribution >= 4 is 11.6 Å². The molecule has 0 radical (unpaired) electrons. The van der Waals surface area contributed by atoms with Crippen LogP contribution in [0.5, 0.6) is 0 Å². The molecule has 1 saturated heterocycles. The van der Waals surface area contributed by atoms with Crippen molar-refractivity contribution in [3.05, 3.63) is 52.4 Å². The molecule has 2 atom stereocenters. The van der Waals surface area contributed by atoms with Crippen molar-refractivity contribution in [2.75, 3.05) is 13.1 Å². The van der Waals surface area contributed by atoms with E-state index in [9.17, 15) is 5.11 Å². The van der Waals surface area contributed by atoms with Gasteiger partial charge >= 0.3 is 0 Å². The summed E-state index contributed by atoms with van der Waals surface area (Å²) in [4.78, 5) is 2.26. The Hall–Kier alpha value is -1.36. The molecule has 2 heterocycles. The van der Waals surface area contributed by atoms with Gasteiger partial charge in [-0.05, 0) is 44.0 Å². The predicted octanol–water partition coefficient (Wildman–Crippen LogP) is 3.51. The Morgan fingerprint density at radius 1 is 1.43 bits per heavy atom. The van der Waals surface area contributed by atoms with E-state index in [0.29, 0.717) is 11.6 Å². The number of rotatable bonds is 4. The van der Waals surface area contributed by atoms with Crippen molar-refractivity contribution < 1.29 is 9.63 Å². The quantitative estimate of drug-likeness (QED) is 0.939. The lowest BCUT2D eigenvalue weighted by Gasteiger charge is -2.25. The second kappa shape index (κ2) is 6.18. The number of aromatic nitrogens is 1. The molecule has 112 valence electrons. The molecule has 5 heteroatoms.